The maximum Gasteiger partial charge on any atom is 0.0761 e. The summed E-state index contributed by atoms with van der Waals surface area (Å²) in [5, 5.41) is 2.89. The van der Waals surface area contributed by atoms with Crippen LogP contribution in [-0.2, 0) is 0 Å². The van der Waals surface area contributed by atoms with Gasteiger partial charge in [-0.25, -0.2) is 0 Å². The first-order valence-electron chi connectivity index (χ1n) is 2.81. The zero-order valence-corrected chi connectivity index (χ0v) is 5.52. The van der Waals surface area contributed by atoms with E-state index in [1.165, 1.54) is 0 Å². The van der Waals surface area contributed by atoms with E-state index in [0.29, 0.717) is 5.92 Å². The van der Waals surface area contributed by atoms with Gasteiger partial charge >= 0.3 is 0 Å². The first-order chi connectivity index (χ1) is 3.68. The van der Waals surface area contributed by atoms with E-state index in [2.05, 4.69) is 25.7 Å². The van der Waals surface area contributed by atoms with Crippen LogP contribution in [0.15, 0.2) is 12.8 Å². The molecule has 3 N–H and O–H groups in total. The summed E-state index contributed by atoms with van der Waals surface area (Å²) in [6, 6.07) is 0. The van der Waals surface area contributed by atoms with Crippen molar-refractivity contribution in [2.45, 2.75) is 20.0 Å². The first kappa shape index (κ1) is 7.50. The highest BCUT2D eigenvalue weighted by molar-refractivity contribution is 4.70. The smallest absolute Gasteiger partial charge is 0.0761 e. The van der Waals surface area contributed by atoms with Gasteiger partial charge in [-0.05, 0) is 12.1 Å². The van der Waals surface area contributed by atoms with Gasteiger partial charge in [0.2, 0.25) is 0 Å². The van der Waals surface area contributed by atoms with Crippen molar-refractivity contribution in [1.29, 1.82) is 0 Å². The molecular formula is C6H14N2. The summed E-state index contributed by atoms with van der Waals surface area (Å²) in [5.41, 5.74) is 5.54. The lowest BCUT2D eigenvalue weighted by Crippen LogP contribution is -2.38. The fourth-order valence-electron chi connectivity index (χ4n) is 0.329. The molecule has 1 atom stereocenters. The monoisotopic (exact) mass is 114 g/mol. The van der Waals surface area contributed by atoms with E-state index in [0.717, 1.165) is 0 Å². The van der Waals surface area contributed by atoms with Gasteiger partial charge in [0.25, 0.3) is 0 Å². The highest BCUT2D eigenvalue weighted by Crippen LogP contribution is 1.92. The van der Waals surface area contributed by atoms with Crippen molar-refractivity contribution >= 4 is 0 Å². The standard InChI is InChI=1S/C6H14N2/c1-4-8-6(7)5(2)3/h4-6,8H,1,7H2,2-3H3. The zero-order valence-electron chi connectivity index (χ0n) is 5.52. The molecule has 2 nitrogen and oxygen atoms in total. The Balaban J connectivity index is 3.30. The minimum Gasteiger partial charge on any atom is -0.376 e. The summed E-state index contributed by atoms with van der Waals surface area (Å²) in [5.74, 6) is 0.466. The molecule has 0 saturated heterocycles. The SMILES string of the molecule is C=CNC(N)C(C)C. The van der Waals surface area contributed by atoms with Crippen LogP contribution in [0.5, 0.6) is 0 Å². The van der Waals surface area contributed by atoms with Crippen LogP contribution in [0.25, 0.3) is 0 Å². The molecule has 0 radical (unpaired) electrons. The molecule has 0 heterocycles. The third-order valence-corrected chi connectivity index (χ3v) is 1.03. The van der Waals surface area contributed by atoms with Crippen LogP contribution in [0.3, 0.4) is 0 Å². The fourth-order valence-corrected chi connectivity index (χ4v) is 0.329. The summed E-state index contributed by atoms with van der Waals surface area (Å²) in [4.78, 5) is 0. The molecule has 48 valence electrons. The second kappa shape index (κ2) is 3.50. The topological polar surface area (TPSA) is 38.0 Å². The van der Waals surface area contributed by atoms with Crippen molar-refractivity contribution in [3.05, 3.63) is 12.8 Å². The number of rotatable bonds is 3. The Labute approximate surface area is 50.8 Å². The molecule has 0 spiro atoms. The van der Waals surface area contributed by atoms with Crippen molar-refractivity contribution in [3.63, 3.8) is 0 Å². The van der Waals surface area contributed by atoms with Crippen molar-refractivity contribution in [2.24, 2.45) is 11.7 Å². The Morgan fingerprint density at radius 2 is 2.12 bits per heavy atom. The summed E-state index contributed by atoms with van der Waals surface area (Å²) >= 11 is 0. The molecule has 0 aliphatic rings. The summed E-state index contributed by atoms with van der Waals surface area (Å²) in [6.45, 7) is 7.61. The molecule has 0 aromatic rings. The number of nitrogens with two attached hydrogens (primary N) is 1. The van der Waals surface area contributed by atoms with Crippen molar-refractivity contribution < 1.29 is 0 Å². The number of nitrogens with one attached hydrogen (secondary N) is 1. The van der Waals surface area contributed by atoms with Gasteiger partial charge in [-0.15, -0.1) is 0 Å². The maximum atomic E-state index is 5.54. The van der Waals surface area contributed by atoms with Gasteiger partial charge in [0.15, 0.2) is 0 Å². The summed E-state index contributed by atoms with van der Waals surface area (Å²) in [7, 11) is 0. The van der Waals surface area contributed by atoms with Gasteiger partial charge in [-0.3, -0.25) is 0 Å². The molecule has 8 heavy (non-hydrogen) atoms. The quantitative estimate of drug-likeness (QED) is 0.529. The van der Waals surface area contributed by atoms with Crippen LogP contribution in [0, 0.1) is 5.92 Å². The highest BCUT2D eigenvalue weighted by atomic mass is 15.0. The Kier molecular flexibility index (Phi) is 3.28. The van der Waals surface area contributed by atoms with E-state index in [4.69, 9.17) is 5.73 Å². The van der Waals surface area contributed by atoms with Crippen molar-refractivity contribution in [3.8, 4) is 0 Å². The van der Waals surface area contributed by atoms with E-state index in [1.54, 1.807) is 6.20 Å². The molecule has 0 bridgehead atoms. The van der Waals surface area contributed by atoms with Crippen LogP contribution in [0.2, 0.25) is 0 Å². The summed E-state index contributed by atoms with van der Waals surface area (Å²) < 4.78 is 0. The van der Waals surface area contributed by atoms with Gasteiger partial charge in [-0.1, -0.05) is 20.4 Å². The van der Waals surface area contributed by atoms with E-state index in [1.807, 2.05) is 0 Å². The molecular weight excluding hydrogens is 100 g/mol. The molecule has 0 aromatic heterocycles. The molecule has 0 aliphatic carbocycles. The predicted octanol–water partition coefficient (Wildman–Crippen LogP) is 0.660. The van der Waals surface area contributed by atoms with Gasteiger partial charge in [0, 0.05) is 0 Å². The minimum atomic E-state index is 0.0486. The van der Waals surface area contributed by atoms with Gasteiger partial charge < -0.3 is 11.1 Å². The Morgan fingerprint density at radius 1 is 1.62 bits per heavy atom. The largest absolute Gasteiger partial charge is 0.376 e. The van der Waals surface area contributed by atoms with Crippen molar-refractivity contribution in [2.75, 3.05) is 0 Å². The van der Waals surface area contributed by atoms with Crippen LogP contribution in [0.1, 0.15) is 13.8 Å². The van der Waals surface area contributed by atoms with Gasteiger partial charge in [0.05, 0.1) is 6.17 Å². The average molecular weight is 114 g/mol. The average Bonchev–Trinajstić information content (AvgIpc) is 1.67. The lowest BCUT2D eigenvalue weighted by Gasteiger charge is -2.14. The predicted molar refractivity (Wildman–Crippen MR) is 36.1 cm³/mol. The van der Waals surface area contributed by atoms with Crippen molar-refractivity contribution in [1.82, 2.24) is 5.32 Å². The third-order valence-electron chi connectivity index (χ3n) is 1.03. The van der Waals surface area contributed by atoms with E-state index < -0.39 is 0 Å². The first-order valence-corrected chi connectivity index (χ1v) is 2.81. The van der Waals surface area contributed by atoms with Crippen LogP contribution >= 0.6 is 0 Å². The number of hydrogen-bond acceptors (Lipinski definition) is 2. The molecule has 0 amide bonds. The van der Waals surface area contributed by atoms with E-state index in [-0.39, 0.29) is 6.17 Å². The lowest BCUT2D eigenvalue weighted by molar-refractivity contribution is 0.455. The summed E-state index contributed by atoms with van der Waals surface area (Å²) in [6.07, 6.45) is 1.66. The maximum absolute atomic E-state index is 5.54. The zero-order chi connectivity index (χ0) is 6.57. The molecule has 0 saturated carbocycles. The lowest BCUT2D eigenvalue weighted by atomic mass is 10.2. The molecule has 0 fully saturated rings. The second-order valence-corrected chi connectivity index (χ2v) is 2.14. The fraction of sp³-hybridized carbons (Fsp3) is 0.667. The third kappa shape index (κ3) is 2.64. The Bertz CT molecular complexity index is 68.9. The number of hydrogen-bond donors (Lipinski definition) is 2. The van der Waals surface area contributed by atoms with Crippen LogP contribution in [-0.4, -0.2) is 6.17 Å². The van der Waals surface area contributed by atoms with Gasteiger partial charge in [0.1, 0.15) is 0 Å². The van der Waals surface area contributed by atoms with E-state index in [9.17, 15) is 0 Å². The van der Waals surface area contributed by atoms with Crippen LogP contribution in [0.4, 0.5) is 0 Å². The Morgan fingerprint density at radius 3 is 2.25 bits per heavy atom. The molecule has 0 aromatic carbocycles. The van der Waals surface area contributed by atoms with E-state index >= 15 is 0 Å². The molecule has 1 unspecified atom stereocenters. The van der Waals surface area contributed by atoms with Crippen LogP contribution < -0.4 is 11.1 Å². The second-order valence-electron chi connectivity index (χ2n) is 2.14. The molecule has 0 aliphatic heterocycles. The highest BCUT2D eigenvalue weighted by Gasteiger charge is 2.01. The Hall–Kier alpha value is -0.500. The molecule has 2 heteroatoms. The normalized spacial score (nSPS) is 13.5. The van der Waals surface area contributed by atoms with Gasteiger partial charge in [-0.2, -0.15) is 0 Å². The molecule has 0 rings (SSSR count). The minimum absolute atomic E-state index is 0.0486.